The highest BCUT2D eigenvalue weighted by Crippen LogP contribution is 2.40. The molecule has 9 heteroatoms. The third kappa shape index (κ3) is 8.78. The highest BCUT2D eigenvalue weighted by molar-refractivity contribution is 7.53. The number of rotatable bonds is 8. The summed E-state index contributed by atoms with van der Waals surface area (Å²) in [7, 11) is -1.08. The van der Waals surface area contributed by atoms with Crippen molar-refractivity contribution in [1.82, 2.24) is 0 Å². The molecule has 2 aromatic rings. The van der Waals surface area contributed by atoms with Crippen LogP contribution < -0.4 is 11.5 Å². The molecule has 0 aliphatic carbocycles. The normalized spacial score (nSPS) is 14.4. The van der Waals surface area contributed by atoms with E-state index in [1.807, 2.05) is 25.7 Å². The number of aromatic hydroxyl groups is 2. The van der Waals surface area contributed by atoms with E-state index in [0.717, 1.165) is 11.1 Å². The topological polar surface area (TPSA) is 156 Å². The second kappa shape index (κ2) is 12.8. The van der Waals surface area contributed by atoms with E-state index in [2.05, 4.69) is 0 Å². The molecule has 7 N–H and O–H groups in total. The third-order valence-electron chi connectivity index (χ3n) is 4.53. The molecule has 4 unspecified atom stereocenters. The Morgan fingerprint density at radius 1 is 1.00 bits per heavy atom. The lowest BCUT2D eigenvalue weighted by Gasteiger charge is -2.26. The molecule has 0 spiro atoms. The van der Waals surface area contributed by atoms with Crippen LogP contribution in [0.25, 0.3) is 0 Å². The number of nitrogens with two attached hydrogens (primary N) is 2. The van der Waals surface area contributed by atoms with Gasteiger partial charge in [-0.25, -0.2) is 0 Å². The minimum atomic E-state index is -1.08. The highest BCUT2D eigenvalue weighted by atomic mass is 31.1. The van der Waals surface area contributed by atoms with Crippen molar-refractivity contribution in [2.45, 2.75) is 37.5 Å². The van der Waals surface area contributed by atoms with Crippen molar-refractivity contribution in [1.29, 1.82) is 0 Å². The van der Waals surface area contributed by atoms with Crippen LogP contribution in [0.3, 0.4) is 0 Å². The molecule has 0 aliphatic rings. The van der Waals surface area contributed by atoms with Gasteiger partial charge in [-0.2, -0.15) is 0 Å². The van der Waals surface area contributed by atoms with E-state index in [1.165, 1.54) is 0 Å². The average Bonchev–Trinajstić information content (AvgIpc) is 2.71. The fourth-order valence-corrected chi connectivity index (χ4v) is 3.84. The quantitative estimate of drug-likeness (QED) is 0.311. The number of hydrogen-bond donors (Lipinski definition) is 5. The first-order valence-corrected chi connectivity index (χ1v) is 11.0. The van der Waals surface area contributed by atoms with Crippen LogP contribution in [-0.4, -0.2) is 52.2 Å². The van der Waals surface area contributed by atoms with Crippen LogP contribution in [-0.2, 0) is 27.0 Å². The Labute approximate surface area is 177 Å². The van der Waals surface area contributed by atoms with Crippen LogP contribution in [0.4, 0.5) is 0 Å². The first kappa shape index (κ1) is 25.4. The lowest BCUT2D eigenvalue weighted by molar-refractivity contribution is -0.135. The maximum absolute atomic E-state index is 12.3. The lowest BCUT2D eigenvalue weighted by atomic mass is 10.0. The molecule has 2 aromatic carbocycles. The van der Waals surface area contributed by atoms with Gasteiger partial charge in [0.2, 0.25) is 0 Å². The van der Waals surface area contributed by atoms with Crippen LogP contribution in [0, 0.1) is 0 Å². The van der Waals surface area contributed by atoms with E-state index in [-0.39, 0.29) is 29.7 Å². The minimum Gasteiger partial charge on any atom is -0.508 e. The van der Waals surface area contributed by atoms with Crippen LogP contribution in [0.15, 0.2) is 48.5 Å². The molecule has 164 valence electrons. The van der Waals surface area contributed by atoms with Gasteiger partial charge in [0.25, 0.3) is 6.47 Å². The summed E-state index contributed by atoms with van der Waals surface area (Å²) < 4.78 is 5.58. The number of carboxylic acid groups (broad SMARTS) is 1. The smallest absolute Gasteiger partial charge is 0.325 e. The van der Waals surface area contributed by atoms with E-state index in [9.17, 15) is 15.0 Å². The standard InChI is InChI=1S/C20H27N2O4P.CH2O2/c1-13(18(21)11-14-3-7-16(23)8-4-14)27(2)26-20(25)19(22)12-15-5-9-17(24)10-6-15;2-1-3/h3-10,13,18-19,23-24H,11-12,21-22H2,1-2H3;1H,(H,2,3). The number of benzene rings is 2. The van der Waals surface area contributed by atoms with Crippen molar-refractivity contribution in [2.75, 3.05) is 6.66 Å². The van der Waals surface area contributed by atoms with E-state index >= 15 is 0 Å². The van der Waals surface area contributed by atoms with Gasteiger partial charge in [0.05, 0.1) is 8.15 Å². The largest absolute Gasteiger partial charge is 0.508 e. The Balaban J connectivity index is 0.00000141. The monoisotopic (exact) mass is 436 g/mol. The maximum Gasteiger partial charge on any atom is 0.325 e. The predicted molar refractivity (Wildman–Crippen MR) is 117 cm³/mol. The Hall–Kier alpha value is -2.67. The van der Waals surface area contributed by atoms with E-state index in [0.29, 0.717) is 12.8 Å². The molecule has 4 atom stereocenters. The molecular weight excluding hydrogens is 407 g/mol. The summed E-state index contributed by atoms with van der Waals surface area (Å²) in [5.74, 6) is -0.0570. The first-order chi connectivity index (χ1) is 14.2. The zero-order valence-electron chi connectivity index (χ0n) is 17.0. The van der Waals surface area contributed by atoms with E-state index in [1.54, 1.807) is 36.4 Å². The molecule has 0 amide bonds. The summed E-state index contributed by atoms with van der Waals surface area (Å²) >= 11 is 0. The number of carbonyl (C=O) groups excluding carboxylic acids is 1. The van der Waals surface area contributed by atoms with Gasteiger partial charge in [0.1, 0.15) is 17.5 Å². The summed E-state index contributed by atoms with van der Waals surface area (Å²) in [6, 6.07) is 12.6. The Morgan fingerprint density at radius 3 is 1.83 bits per heavy atom. The zero-order valence-corrected chi connectivity index (χ0v) is 17.9. The summed E-state index contributed by atoms with van der Waals surface area (Å²) in [6.07, 6.45) is 0.974. The number of hydrogen-bond acceptors (Lipinski definition) is 7. The summed E-state index contributed by atoms with van der Waals surface area (Å²) in [5, 5.41) is 25.5. The van der Waals surface area contributed by atoms with E-state index < -0.39 is 20.2 Å². The first-order valence-electron chi connectivity index (χ1n) is 9.27. The Kier molecular flexibility index (Phi) is 10.8. The van der Waals surface area contributed by atoms with Crippen molar-refractivity contribution in [3.05, 3.63) is 59.7 Å². The Morgan fingerprint density at radius 2 is 1.40 bits per heavy atom. The van der Waals surface area contributed by atoms with Crippen molar-refractivity contribution in [3.63, 3.8) is 0 Å². The molecular formula is C21H29N2O6P. The molecule has 0 saturated heterocycles. The second-order valence-corrected chi connectivity index (χ2v) is 8.90. The maximum atomic E-state index is 12.3. The lowest BCUT2D eigenvalue weighted by Crippen LogP contribution is -2.37. The fourth-order valence-electron chi connectivity index (χ4n) is 2.61. The van der Waals surface area contributed by atoms with Gasteiger partial charge in [0.15, 0.2) is 0 Å². The summed E-state index contributed by atoms with van der Waals surface area (Å²) in [4.78, 5) is 20.7. The van der Waals surface area contributed by atoms with Crippen molar-refractivity contribution < 1.29 is 29.4 Å². The zero-order chi connectivity index (χ0) is 22.7. The SMILES string of the molecule is CC(C(N)Cc1ccc(O)cc1)P(C)OC(=O)C(N)Cc1ccc(O)cc1.O=CO. The van der Waals surface area contributed by atoms with Crippen LogP contribution >= 0.6 is 8.15 Å². The molecule has 30 heavy (non-hydrogen) atoms. The minimum absolute atomic E-state index is 0.00127. The van der Waals surface area contributed by atoms with Crippen molar-refractivity contribution in [3.8, 4) is 11.5 Å². The van der Waals surface area contributed by atoms with Crippen molar-refractivity contribution in [2.24, 2.45) is 11.5 Å². The molecule has 8 nitrogen and oxygen atoms in total. The summed E-state index contributed by atoms with van der Waals surface area (Å²) in [5.41, 5.74) is 14.1. The molecule has 0 aliphatic heterocycles. The fraction of sp³-hybridized carbons (Fsp3) is 0.333. The average molecular weight is 436 g/mol. The van der Waals surface area contributed by atoms with Gasteiger partial charge in [0, 0.05) is 11.7 Å². The van der Waals surface area contributed by atoms with Crippen LogP contribution in [0.5, 0.6) is 11.5 Å². The number of carbonyl (C=O) groups is 2. The van der Waals surface area contributed by atoms with Crippen LogP contribution in [0.2, 0.25) is 0 Å². The second-order valence-electron chi connectivity index (χ2n) is 6.81. The van der Waals surface area contributed by atoms with Crippen LogP contribution in [0.1, 0.15) is 18.1 Å². The Bertz CT molecular complexity index is 785. The third-order valence-corrected chi connectivity index (χ3v) is 6.53. The van der Waals surface area contributed by atoms with Gasteiger partial charge < -0.3 is 31.3 Å². The van der Waals surface area contributed by atoms with E-state index in [4.69, 9.17) is 25.9 Å². The summed E-state index contributed by atoms with van der Waals surface area (Å²) in [6.45, 7) is 3.59. The molecule has 2 rings (SSSR count). The van der Waals surface area contributed by atoms with Gasteiger partial charge in [-0.3, -0.25) is 9.59 Å². The van der Waals surface area contributed by atoms with Gasteiger partial charge in [-0.1, -0.05) is 31.2 Å². The predicted octanol–water partition coefficient (Wildman–Crippen LogP) is 2.20. The van der Waals surface area contributed by atoms with Crippen molar-refractivity contribution >= 4 is 20.6 Å². The molecule has 0 fully saturated rings. The number of phenolic OH excluding ortho intramolecular Hbond substituents is 2. The van der Waals surface area contributed by atoms with Gasteiger partial charge >= 0.3 is 5.97 Å². The molecule has 0 heterocycles. The van der Waals surface area contributed by atoms with Gasteiger partial charge in [-0.05, 0) is 54.9 Å². The molecule has 0 saturated carbocycles. The molecule has 0 radical (unpaired) electrons. The number of phenols is 2. The molecule has 0 bridgehead atoms. The molecule has 0 aromatic heterocycles. The highest BCUT2D eigenvalue weighted by Gasteiger charge is 2.26. The van der Waals surface area contributed by atoms with Gasteiger partial charge in [-0.15, -0.1) is 0 Å².